The van der Waals surface area contributed by atoms with Crippen LogP contribution in [0.5, 0.6) is 5.75 Å². The zero-order valence-corrected chi connectivity index (χ0v) is 12.1. The molecule has 0 aliphatic carbocycles. The van der Waals surface area contributed by atoms with E-state index in [1.807, 2.05) is 27.7 Å². The van der Waals surface area contributed by atoms with Crippen molar-refractivity contribution in [3.8, 4) is 5.75 Å². The number of nitrogens with zero attached hydrogens (tertiary/aromatic N) is 1. The molecular formula is C14H23N3O2. The maximum atomic E-state index is 12.1. The number of hydrogen-bond donors (Lipinski definition) is 2. The van der Waals surface area contributed by atoms with E-state index >= 15 is 0 Å². The van der Waals surface area contributed by atoms with Gasteiger partial charge in [-0.1, -0.05) is 6.92 Å². The summed E-state index contributed by atoms with van der Waals surface area (Å²) in [5, 5.41) is 6.09. The molecule has 1 rings (SSSR count). The van der Waals surface area contributed by atoms with Crippen molar-refractivity contribution in [1.82, 2.24) is 15.6 Å². The lowest BCUT2D eigenvalue weighted by atomic mass is 10.2. The molecule has 2 N–H and O–H groups in total. The molecule has 0 radical (unpaired) electrons. The molecule has 0 saturated carbocycles. The van der Waals surface area contributed by atoms with Crippen molar-refractivity contribution in [3.05, 3.63) is 24.0 Å². The van der Waals surface area contributed by atoms with Gasteiger partial charge in [-0.15, -0.1) is 0 Å². The van der Waals surface area contributed by atoms with Crippen LogP contribution < -0.4 is 15.4 Å². The van der Waals surface area contributed by atoms with E-state index in [4.69, 9.17) is 4.74 Å². The number of ether oxygens (including phenoxy) is 1. The van der Waals surface area contributed by atoms with Gasteiger partial charge in [0.15, 0.2) is 11.4 Å². The summed E-state index contributed by atoms with van der Waals surface area (Å²) in [6.45, 7) is 9.33. The highest BCUT2D eigenvalue weighted by molar-refractivity contribution is 5.94. The number of pyridine rings is 1. The summed E-state index contributed by atoms with van der Waals surface area (Å²) >= 11 is 0. The topological polar surface area (TPSA) is 63.2 Å². The minimum atomic E-state index is -0.207. The highest BCUT2D eigenvalue weighted by Crippen LogP contribution is 2.16. The van der Waals surface area contributed by atoms with E-state index in [2.05, 4.69) is 15.6 Å². The molecular weight excluding hydrogens is 242 g/mol. The maximum Gasteiger partial charge on any atom is 0.273 e. The molecule has 5 nitrogen and oxygen atoms in total. The summed E-state index contributed by atoms with van der Waals surface area (Å²) in [4.78, 5) is 16.2. The normalized spacial score (nSPS) is 12.3. The van der Waals surface area contributed by atoms with Gasteiger partial charge >= 0.3 is 0 Å². The number of aromatic nitrogens is 1. The summed E-state index contributed by atoms with van der Waals surface area (Å²) in [5.74, 6) is 0.312. The third-order valence-electron chi connectivity index (χ3n) is 2.47. The predicted molar refractivity (Wildman–Crippen MR) is 75.5 cm³/mol. The fourth-order valence-corrected chi connectivity index (χ4v) is 1.66. The molecule has 0 fully saturated rings. The fraction of sp³-hybridized carbons (Fsp3) is 0.571. The van der Waals surface area contributed by atoms with E-state index in [1.54, 1.807) is 18.3 Å². The smallest absolute Gasteiger partial charge is 0.273 e. The molecule has 0 unspecified atom stereocenters. The lowest BCUT2D eigenvalue weighted by Gasteiger charge is -2.15. The van der Waals surface area contributed by atoms with Gasteiger partial charge in [0.05, 0.1) is 6.10 Å². The van der Waals surface area contributed by atoms with Crippen molar-refractivity contribution >= 4 is 5.91 Å². The maximum absolute atomic E-state index is 12.1. The molecule has 0 saturated heterocycles. The van der Waals surface area contributed by atoms with E-state index < -0.39 is 0 Å². The SMILES string of the molecule is CCN[C@H](C)CNC(=O)c1ncccc1OC(C)C. The Balaban J connectivity index is 2.66. The van der Waals surface area contributed by atoms with Gasteiger partial charge < -0.3 is 15.4 Å². The number of nitrogens with one attached hydrogen (secondary N) is 2. The summed E-state index contributed by atoms with van der Waals surface area (Å²) in [7, 11) is 0. The highest BCUT2D eigenvalue weighted by atomic mass is 16.5. The van der Waals surface area contributed by atoms with Crippen LogP contribution in [0.3, 0.4) is 0 Å². The van der Waals surface area contributed by atoms with E-state index in [0.717, 1.165) is 6.54 Å². The average Bonchev–Trinajstić information content (AvgIpc) is 2.36. The van der Waals surface area contributed by atoms with Gasteiger partial charge in [0.25, 0.3) is 5.91 Å². The van der Waals surface area contributed by atoms with Crippen LogP contribution in [0.2, 0.25) is 0 Å². The van der Waals surface area contributed by atoms with E-state index in [1.165, 1.54) is 0 Å². The zero-order valence-electron chi connectivity index (χ0n) is 12.1. The van der Waals surface area contributed by atoms with Crippen LogP contribution in [0.15, 0.2) is 18.3 Å². The third kappa shape index (κ3) is 5.26. The number of carbonyl (C=O) groups excluding carboxylic acids is 1. The van der Waals surface area contributed by atoms with E-state index in [0.29, 0.717) is 18.0 Å². The Morgan fingerprint density at radius 3 is 2.79 bits per heavy atom. The van der Waals surface area contributed by atoms with E-state index in [9.17, 15) is 4.79 Å². The molecule has 1 aromatic rings. The van der Waals surface area contributed by atoms with Gasteiger partial charge in [0.1, 0.15) is 0 Å². The lowest BCUT2D eigenvalue weighted by molar-refractivity contribution is 0.0938. The van der Waals surface area contributed by atoms with Crippen LogP contribution in [-0.4, -0.2) is 36.1 Å². The van der Waals surface area contributed by atoms with Crippen LogP contribution in [0.4, 0.5) is 0 Å². The second-order valence-electron chi connectivity index (χ2n) is 4.69. The first kappa shape index (κ1) is 15.4. The van der Waals surface area contributed by atoms with Gasteiger partial charge in [-0.05, 0) is 39.4 Å². The minimum absolute atomic E-state index is 0.0106. The molecule has 1 amide bonds. The lowest BCUT2D eigenvalue weighted by Crippen LogP contribution is -2.39. The largest absolute Gasteiger partial charge is 0.489 e. The Kier molecular flexibility index (Phi) is 6.29. The van der Waals surface area contributed by atoms with Crippen molar-refractivity contribution in [1.29, 1.82) is 0 Å². The molecule has 0 spiro atoms. The minimum Gasteiger partial charge on any atom is -0.489 e. The van der Waals surface area contributed by atoms with Crippen LogP contribution in [0, 0.1) is 0 Å². The molecule has 1 atom stereocenters. The first-order valence-corrected chi connectivity index (χ1v) is 6.67. The molecule has 19 heavy (non-hydrogen) atoms. The van der Waals surface area contributed by atoms with Gasteiger partial charge in [-0.3, -0.25) is 4.79 Å². The van der Waals surface area contributed by atoms with Crippen LogP contribution in [0.25, 0.3) is 0 Å². The molecule has 0 bridgehead atoms. The number of carbonyl (C=O) groups is 1. The average molecular weight is 265 g/mol. The highest BCUT2D eigenvalue weighted by Gasteiger charge is 2.15. The number of likely N-dealkylation sites (N-methyl/N-ethyl adjacent to an activating group) is 1. The molecule has 0 aliphatic rings. The molecule has 0 aromatic carbocycles. The first-order valence-electron chi connectivity index (χ1n) is 6.67. The summed E-state index contributed by atoms with van der Waals surface area (Å²) in [5.41, 5.74) is 0.333. The second-order valence-corrected chi connectivity index (χ2v) is 4.69. The van der Waals surface area contributed by atoms with Crippen LogP contribution in [0.1, 0.15) is 38.2 Å². The molecule has 1 aromatic heterocycles. The van der Waals surface area contributed by atoms with Crippen molar-refractivity contribution in [2.45, 2.75) is 39.8 Å². The Hall–Kier alpha value is -1.62. The molecule has 106 valence electrons. The van der Waals surface area contributed by atoms with Crippen molar-refractivity contribution in [2.24, 2.45) is 0 Å². The summed E-state index contributed by atoms with van der Waals surface area (Å²) < 4.78 is 5.58. The van der Waals surface area contributed by atoms with Crippen LogP contribution in [-0.2, 0) is 0 Å². The molecule has 0 aliphatic heterocycles. The van der Waals surface area contributed by atoms with Crippen molar-refractivity contribution < 1.29 is 9.53 Å². The Bertz CT molecular complexity index is 407. The second kappa shape index (κ2) is 7.74. The molecule has 1 heterocycles. The van der Waals surface area contributed by atoms with Gasteiger partial charge in [0.2, 0.25) is 0 Å². The fourth-order valence-electron chi connectivity index (χ4n) is 1.66. The van der Waals surface area contributed by atoms with Gasteiger partial charge in [-0.25, -0.2) is 4.98 Å². The predicted octanol–water partition coefficient (Wildman–Crippen LogP) is 1.60. The Morgan fingerprint density at radius 1 is 1.42 bits per heavy atom. The summed E-state index contributed by atoms with van der Waals surface area (Å²) in [6, 6.07) is 3.75. The van der Waals surface area contributed by atoms with Crippen LogP contribution >= 0.6 is 0 Å². The standard InChI is InChI=1S/C14H23N3O2/c1-5-15-11(4)9-17-14(18)13-12(19-10(2)3)7-6-8-16-13/h6-8,10-11,15H,5,9H2,1-4H3,(H,17,18)/t11-/m1/s1. The molecule has 5 heteroatoms. The monoisotopic (exact) mass is 265 g/mol. The van der Waals surface area contributed by atoms with Gasteiger partial charge in [-0.2, -0.15) is 0 Å². The van der Waals surface area contributed by atoms with Crippen molar-refractivity contribution in [3.63, 3.8) is 0 Å². The van der Waals surface area contributed by atoms with E-state index in [-0.39, 0.29) is 18.1 Å². The zero-order chi connectivity index (χ0) is 14.3. The summed E-state index contributed by atoms with van der Waals surface area (Å²) in [6.07, 6.45) is 1.60. The Labute approximate surface area is 114 Å². The Morgan fingerprint density at radius 2 is 2.16 bits per heavy atom. The van der Waals surface area contributed by atoms with Crippen molar-refractivity contribution in [2.75, 3.05) is 13.1 Å². The first-order chi connectivity index (χ1) is 9.04. The number of amides is 1. The van der Waals surface area contributed by atoms with Gasteiger partial charge in [0, 0.05) is 18.8 Å². The quantitative estimate of drug-likeness (QED) is 0.786. The number of hydrogen-bond acceptors (Lipinski definition) is 4. The number of rotatable bonds is 7. The third-order valence-corrected chi connectivity index (χ3v) is 2.47.